The predicted octanol–water partition coefficient (Wildman–Crippen LogP) is 0.854. The third-order valence-electron chi connectivity index (χ3n) is 1.94. The first-order chi connectivity index (χ1) is 7.39. The zero-order valence-electron chi connectivity index (χ0n) is 9.74. The maximum atomic E-state index is 10.0. The molecule has 1 aromatic rings. The largest absolute Gasteiger partial charge is 0.387 e. The van der Waals surface area contributed by atoms with E-state index in [0.717, 1.165) is 0 Å². The zero-order chi connectivity index (χ0) is 12.2. The molecule has 1 rings (SSSR count). The van der Waals surface area contributed by atoms with Crippen LogP contribution in [-0.4, -0.2) is 53.0 Å². The highest BCUT2D eigenvalue weighted by molar-refractivity contribution is 6.29. The van der Waals surface area contributed by atoms with Crippen LogP contribution in [0.15, 0.2) is 12.1 Å². The monoisotopic (exact) mass is 244 g/mol. The second kappa shape index (κ2) is 5.43. The van der Waals surface area contributed by atoms with E-state index in [1.165, 1.54) is 0 Å². The van der Waals surface area contributed by atoms with E-state index in [0.29, 0.717) is 24.1 Å². The lowest BCUT2D eigenvalue weighted by molar-refractivity contribution is 0.0459. The molecule has 0 amide bonds. The van der Waals surface area contributed by atoms with Crippen molar-refractivity contribution < 1.29 is 5.11 Å². The fourth-order valence-corrected chi connectivity index (χ4v) is 1.53. The Hall–Kier alpha value is -0.910. The summed E-state index contributed by atoms with van der Waals surface area (Å²) in [5, 5.41) is 20.9. The Morgan fingerprint density at radius 2 is 2.12 bits per heavy atom. The van der Waals surface area contributed by atoms with Crippen LogP contribution in [-0.2, 0) is 0 Å². The van der Waals surface area contributed by atoms with Crippen molar-refractivity contribution in [2.45, 2.75) is 12.5 Å². The molecule has 0 radical (unpaired) electrons. The zero-order valence-corrected chi connectivity index (χ0v) is 10.5. The maximum absolute atomic E-state index is 10.0. The van der Waals surface area contributed by atoms with Gasteiger partial charge in [-0.15, -0.1) is 10.2 Å². The van der Waals surface area contributed by atoms with E-state index in [9.17, 15) is 5.11 Å². The van der Waals surface area contributed by atoms with Crippen LogP contribution in [0, 0.1) is 0 Å². The third kappa shape index (κ3) is 4.74. The Labute approximate surface area is 100 Å². The van der Waals surface area contributed by atoms with Gasteiger partial charge in [-0.3, -0.25) is 0 Å². The van der Waals surface area contributed by atoms with Gasteiger partial charge in [-0.1, -0.05) is 11.6 Å². The summed E-state index contributed by atoms with van der Waals surface area (Å²) in [5.74, 6) is 0.600. The van der Waals surface area contributed by atoms with Crippen LogP contribution < -0.4 is 5.32 Å². The highest BCUT2D eigenvalue weighted by atomic mass is 35.5. The standard InChI is InChI=1S/C10H17ClN4O/c1-10(16,7-15(2)3)6-12-9-5-4-8(11)13-14-9/h4-5,16H,6-7H2,1-3H3,(H,12,14). The first kappa shape index (κ1) is 13.2. The van der Waals surface area contributed by atoms with Gasteiger partial charge in [-0.2, -0.15) is 0 Å². The van der Waals surface area contributed by atoms with Crippen LogP contribution in [0.1, 0.15) is 6.92 Å². The number of hydrogen-bond acceptors (Lipinski definition) is 5. The first-order valence-electron chi connectivity index (χ1n) is 4.99. The molecule has 1 atom stereocenters. The Morgan fingerprint density at radius 3 is 2.62 bits per heavy atom. The lowest BCUT2D eigenvalue weighted by Gasteiger charge is -2.27. The average molecular weight is 245 g/mol. The molecule has 90 valence electrons. The van der Waals surface area contributed by atoms with E-state index in [1.54, 1.807) is 19.1 Å². The molecule has 0 saturated heterocycles. The number of aromatic nitrogens is 2. The van der Waals surface area contributed by atoms with Crippen molar-refractivity contribution >= 4 is 17.4 Å². The Morgan fingerprint density at radius 1 is 1.44 bits per heavy atom. The molecule has 5 nitrogen and oxygen atoms in total. The lowest BCUT2D eigenvalue weighted by atomic mass is 10.1. The summed E-state index contributed by atoms with van der Waals surface area (Å²) < 4.78 is 0. The molecule has 1 unspecified atom stereocenters. The molecule has 0 aliphatic rings. The maximum Gasteiger partial charge on any atom is 0.151 e. The minimum Gasteiger partial charge on any atom is -0.387 e. The number of likely N-dealkylation sites (N-methyl/N-ethyl adjacent to an activating group) is 1. The topological polar surface area (TPSA) is 61.3 Å². The summed E-state index contributed by atoms with van der Waals surface area (Å²) in [7, 11) is 3.83. The molecule has 0 fully saturated rings. The lowest BCUT2D eigenvalue weighted by Crippen LogP contribution is -2.43. The minimum absolute atomic E-state index is 0.352. The van der Waals surface area contributed by atoms with Gasteiger partial charge >= 0.3 is 0 Å². The second-order valence-electron chi connectivity index (χ2n) is 4.33. The van der Waals surface area contributed by atoms with Gasteiger partial charge in [0, 0.05) is 13.1 Å². The van der Waals surface area contributed by atoms with E-state index in [2.05, 4.69) is 15.5 Å². The van der Waals surface area contributed by atoms with Gasteiger partial charge < -0.3 is 15.3 Å². The second-order valence-corrected chi connectivity index (χ2v) is 4.72. The summed E-state index contributed by atoms with van der Waals surface area (Å²) >= 11 is 5.61. The molecule has 2 N–H and O–H groups in total. The predicted molar refractivity (Wildman–Crippen MR) is 64.7 cm³/mol. The van der Waals surface area contributed by atoms with Crippen LogP contribution in [0.2, 0.25) is 5.15 Å². The van der Waals surface area contributed by atoms with Gasteiger partial charge in [0.15, 0.2) is 5.15 Å². The van der Waals surface area contributed by atoms with E-state index in [1.807, 2.05) is 19.0 Å². The van der Waals surface area contributed by atoms with Crippen molar-refractivity contribution in [2.75, 3.05) is 32.5 Å². The normalized spacial score (nSPS) is 14.9. The number of anilines is 1. The summed E-state index contributed by atoms with van der Waals surface area (Å²) in [5.41, 5.74) is -0.815. The fourth-order valence-electron chi connectivity index (χ4n) is 1.43. The Bertz CT molecular complexity index is 326. The molecular weight excluding hydrogens is 228 g/mol. The van der Waals surface area contributed by atoms with Gasteiger partial charge in [0.05, 0.1) is 5.60 Å². The Kier molecular flexibility index (Phi) is 4.46. The molecule has 1 aromatic heterocycles. The van der Waals surface area contributed by atoms with Crippen molar-refractivity contribution in [3.63, 3.8) is 0 Å². The average Bonchev–Trinajstić information content (AvgIpc) is 2.15. The molecule has 0 spiro atoms. The van der Waals surface area contributed by atoms with Crippen molar-refractivity contribution in [1.82, 2.24) is 15.1 Å². The highest BCUT2D eigenvalue weighted by Crippen LogP contribution is 2.09. The van der Waals surface area contributed by atoms with Gasteiger partial charge in [-0.25, -0.2) is 0 Å². The summed E-state index contributed by atoms with van der Waals surface area (Å²) in [4.78, 5) is 1.93. The van der Waals surface area contributed by atoms with Crippen LogP contribution in [0.5, 0.6) is 0 Å². The van der Waals surface area contributed by atoms with Gasteiger partial charge in [0.1, 0.15) is 5.82 Å². The molecule has 0 aliphatic carbocycles. The van der Waals surface area contributed by atoms with Crippen molar-refractivity contribution in [3.8, 4) is 0 Å². The molecule has 6 heteroatoms. The quantitative estimate of drug-likeness (QED) is 0.804. The van der Waals surface area contributed by atoms with Gasteiger partial charge in [0.2, 0.25) is 0 Å². The SMILES string of the molecule is CN(C)CC(C)(O)CNc1ccc(Cl)nn1. The highest BCUT2D eigenvalue weighted by Gasteiger charge is 2.21. The first-order valence-corrected chi connectivity index (χ1v) is 5.37. The molecular formula is C10H17ClN4O. The van der Waals surface area contributed by atoms with E-state index < -0.39 is 5.60 Å². The van der Waals surface area contributed by atoms with Crippen molar-refractivity contribution in [3.05, 3.63) is 17.3 Å². The summed E-state index contributed by atoms with van der Waals surface area (Å²) in [6.07, 6.45) is 0. The van der Waals surface area contributed by atoms with Crippen LogP contribution >= 0.6 is 11.6 Å². The molecule has 1 heterocycles. The summed E-state index contributed by atoms with van der Waals surface area (Å²) in [6, 6.07) is 3.37. The number of rotatable bonds is 5. The molecule has 0 aliphatic heterocycles. The summed E-state index contributed by atoms with van der Waals surface area (Å²) in [6.45, 7) is 2.74. The fraction of sp³-hybridized carbons (Fsp3) is 0.600. The number of aliphatic hydroxyl groups is 1. The number of hydrogen-bond donors (Lipinski definition) is 2. The molecule has 0 aromatic carbocycles. The van der Waals surface area contributed by atoms with Crippen LogP contribution in [0.4, 0.5) is 5.82 Å². The number of nitrogens with one attached hydrogen (secondary N) is 1. The van der Waals surface area contributed by atoms with Gasteiger partial charge in [-0.05, 0) is 33.2 Å². The minimum atomic E-state index is -0.815. The van der Waals surface area contributed by atoms with Crippen LogP contribution in [0.3, 0.4) is 0 Å². The van der Waals surface area contributed by atoms with Crippen LogP contribution in [0.25, 0.3) is 0 Å². The Balaban J connectivity index is 2.47. The number of halogens is 1. The molecule has 16 heavy (non-hydrogen) atoms. The van der Waals surface area contributed by atoms with Gasteiger partial charge in [0.25, 0.3) is 0 Å². The third-order valence-corrected chi connectivity index (χ3v) is 2.14. The van der Waals surface area contributed by atoms with Crippen molar-refractivity contribution in [2.24, 2.45) is 0 Å². The van der Waals surface area contributed by atoms with E-state index >= 15 is 0 Å². The van der Waals surface area contributed by atoms with E-state index in [4.69, 9.17) is 11.6 Å². The number of nitrogens with zero attached hydrogens (tertiary/aromatic N) is 3. The van der Waals surface area contributed by atoms with E-state index in [-0.39, 0.29) is 0 Å². The molecule has 0 bridgehead atoms. The smallest absolute Gasteiger partial charge is 0.151 e. The van der Waals surface area contributed by atoms with Crippen molar-refractivity contribution in [1.29, 1.82) is 0 Å². The molecule has 0 saturated carbocycles.